The van der Waals surface area contributed by atoms with Crippen molar-refractivity contribution in [3.8, 4) is 0 Å². The van der Waals surface area contributed by atoms with E-state index in [2.05, 4.69) is 13.8 Å². The second-order valence-electron chi connectivity index (χ2n) is 12.3. The predicted molar refractivity (Wildman–Crippen MR) is 168 cm³/mol. The average molecular weight is 633 g/mol. The number of allylic oxidation sites excluding steroid dienone is 2. The first-order valence-electron chi connectivity index (χ1n) is 16.5. The van der Waals surface area contributed by atoms with Gasteiger partial charge in [0.15, 0.2) is 0 Å². The molecule has 0 saturated carbocycles. The van der Waals surface area contributed by atoms with Gasteiger partial charge in [-0.2, -0.15) is 26.3 Å². The van der Waals surface area contributed by atoms with Crippen LogP contribution >= 0.6 is 0 Å². The third-order valence-corrected chi connectivity index (χ3v) is 9.02. The van der Waals surface area contributed by atoms with Crippen molar-refractivity contribution in [2.24, 2.45) is 0 Å². The van der Waals surface area contributed by atoms with Crippen molar-refractivity contribution in [3.63, 3.8) is 0 Å². The second kappa shape index (κ2) is 13.7. The van der Waals surface area contributed by atoms with E-state index in [0.717, 1.165) is 64.2 Å². The van der Waals surface area contributed by atoms with Crippen molar-refractivity contribution in [2.45, 2.75) is 122 Å². The molecule has 2 aromatic carbocycles. The number of fused-ring (bicyclic) bond motifs is 2. The number of benzene rings is 2. The fourth-order valence-corrected chi connectivity index (χ4v) is 6.61. The molecule has 2 nitrogen and oxygen atoms in total. The number of unbranched alkanes of at least 4 members (excludes halogenated alkanes) is 10. The second-order valence-corrected chi connectivity index (χ2v) is 12.3. The predicted octanol–water partition coefficient (Wildman–Crippen LogP) is 12.8. The Bertz CT molecular complexity index is 1510. The molecule has 0 atom stereocenters. The summed E-state index contributed by atoms with van der Waals surface area (Å²) in [6.45, 7) is 4.20. The van der Waals surface area contributed by atoms with Crippen LogP contribution in [0.2, 0.25) is 0 Å². The van der Waals surface area contributed by atoms with E-state index < -0.39 is 28.9 Å². The highest BCUT2D eigenvalue weighted by atomic mass is 19.3. The third-order valence-electron chi connectivity index (χ3n) is 9.02. The maximum absolute atomic E-state index is 16.1. The minimum Gasteiger partial charge on any atom is -0.460 e. The average Bonchev–Trinajstić information content (AvgIpc) is 3.59. The molecule has 5 rings (SSSR count). The van der Waals surface area contributed by atoms with Crippen LogP contribution in [0, 0.1) is 0 Å². The lowest BCUT2D eigenvalue weighted by atomic mass is 9.89. The summed E-state index contributed by atoms with van der Waals surface area (Å²) < 4.78 is 107. The highest BCUT2D eigenvalue weighted by molar-refractivity contribution is 6.11. The number of para-hydroxylation sites is 2. The van der Waals surface area contributed by atoms with Gasteiger partial charge in [0.05, 0.1) is 0 Å². The Labute approximate surface area is 260 Å². The van der Waals surface area contributed by atoms with Gasteiger partial charge in [0.1, 0.15) is 22.7 Å². The van der Waals surface area contributed by atoms with Crippen LogP contribution in [-0.4, -0.2) is 17.8 Å². The zero-order chi connectivity index (χ0) is 32.2. The summed E-state index contributed by atoms with van der Waals surface area (Å²) in [5.74, 6) is -16.0. The Morgan fingerprint density at radius 3 is 1.24 bits per heavy atom. The molecule has 0 saturated heterocycles. The van der Waals surface area contributed by atoms with Crippen molar-refractivity contribution in [2.75, 3.05) is 0 Å². The Kier molecular flexibility index (Phi) is 10.1. The maximum atomic E-state index is 16.1. The fraction of sp³-hybridized carbons (Fsp3) is 0.514. The Morgan fingerprint density at radius 1 is 0.489 bits per heavy atom. The van der Waals surface area contributed by atoms with E-state index in [1.54, 1.807) is 36.4 Å². The first kappa shape index (κ1) is 33.2. The van der Waals surface area contributed by atoms with E-state index in [4.69, 9.17) is 8.83 Å². The molecule has 2 heterocycles. The summed E-state index contributed by atoms with van der Waals surface area (Å²) >= 11 is 0. The monoisotopic (exact) mass is 632 g/mol. The summed E-state index contributed by atoms with van der Waals surface area (Å²) in [6.07, 6.45) is 11.1. The van der Waals surface area contributed by atoms with Crippen LogP contribution < -0.4 is 0 Å². The highest BCUT2D eigenvalue weighted by Crippen LogP contribution is 2.66. The Morgan fingerprint density at radius 2 is 0.844 bits per heavy atom. The molecule has 0 N–H and O–H groups in total. The Hall–Kier alpha value is -3.16. The lowest BCUT2D eigenvalue weighted by molar-refractivity contribution is -0.254. The summed E-state index contributed by atoms with van der Waals surface area (Å²) in [7, 11) is 0. The first-order valence-corrected chi connectivity index (χ1v) is 16.5. The van der Waals surface area contributed by atoms with Gasteiger partial charge in [0.2, 0.25) is 0 Å². The van der Waals surface area contributed by atoms with Crippen LogP contribution in [-0.2, 0) is 12.8 Å². The van der Waals surface area contributed by atoms with Crippen LogP contribution in [0.5, 0.6) is 0 Å². The van der Waals surface area contributed by atoms with Crippen molar-refractivity contribution >= 4 is 33.1 Å². The number of furan rings is 2. The van der Waals surface area contributed by atoms with Crippen molar-refractivity contribution in [3.05, 3.63) is 71.2 Å². The van der Waals surface area contributed by atoms with E-state index >= 15 is 26.3 Å². The normalized spacial score (nSPS) is 17.2. The SMILES string of the molecule is CCCCCCCCc1oc2ccccc2c1C1=C(c2c(CCCCCCCC)oc3ccccc23)C(F)(F)C(F)(F)C1(F)F. The minimum absolute atomic E-state index is 0.0256. The molecular formula is C37H42F6O2. The quantitative estimate of drug-likeness (QED) is 0.0907. The van der Waals surface area contributed by atoms with Gasteiger partial charge in [-0.1, -0.05) is 114 Å². The smallest absolute Gasteiger partial charge is 0.380 e. The standard InChI is InChI=1S/C37H42F6O2/c1-3-5-7-9-11-13-23-29-31(25-19-15-17-21-27(25)44-29)33-34(36(40,41)37(42,43)35(33,38)39)32-26-20-16-18-22-28(26)45-30(32)24-14-12-10-8-6-4-2/h15-22H,3-14,23-24H2,1-2H3. The van der Waals surface area contributed by atoms with Crippen LogP contribution in [0.25, 0.3) is 33.1 Å². The number of aryl methyl sites for hydroxylation is 2. The molecule has 1 aliphatic rings. The molecular weight excluding hydrogens is 590 g/mol. The van der Waals surface area contributed by atoms with Crippen LogP contribution in [0.1, 0.15) is 114 Å². The van der Waals surface area contributed by atoms with Gasteiger partial charge in [-0.05, 0) is 25.0 Å². The number of halogens is 6. The third kappa shape index (κ3) is 6.06. The molecule has 2 aromatic heterocycles. The molecule has 1 aliphatic carbocycles. The molecule has 8 heteroatoms. The summed E-state index contributed by atoms with van der Waals surface area (Å²) in [6, 6.07) is 12.4. The van der Waals surface area contributed by atoms with E-state index in [9.17, 15) is 0 Å². The maximum Gasteiger partial charge on any atom is 0.380 e. The zero-order valence-electron chi connectivity index (χ0n) is 26.1. The minimum atomic E-state index is -5.67. The first-order chi connectivity index (χ1) is 21.6. The zero-order valence-corrected chi connectivity index (χ0v) is 26.1. The molecule has 0 bridgehead atoms. The molecule has 0 fully saturated rings. The number of alkyl halides is 6. The molecule has 0 aliphatic heterocycles. The summed E-state index contributed by atoms with van der Waals surface area (Å²) in [5, 5.41) is 0.230. The summed E-state index contributed by atoms with van der Waals surface area (Å²) in [4.78, 5) is 0. The van der Waals surface area contributed by atoms with E-state index in [1.165, 1.54) is 12.1 Å². The lowest BCUT2D eigenvalue weighted by Gasteiger charge is -2.26. The van der Waals surface area contributed by atoms with Gasteiger partial charge in [-0.15, -0.1) is 0 Å². The van der Waals surface area contributed by atoms with Gasteiger partial charge >= 0.3 is 17.8 Å². The number of hydrogen-bond acceptors (Lipinski definition) is 2. The molecule has 45 heavy (non-hydrogen) atoms. The molecule has 0 radical (unpaired) electrons. The van der Waals surface area contributed by atoms with E-state index in [1.807, 2.05) is 0 Å². The van der Waals surface area contributed by atoms with Crippen LogP contribution in [0.4, 0.5) is 26.3 Å². The van der Waals surface area contributed by atoms with Crippen LogP contribution in [0.3, 0.4) is 0 Å². The highest BCUT2D eigenvalue weighted by Gasteiger charge is 2.81. The van der Waals surface area contributed by atoms with E-state index in [0.29, 0.717) is 12.8 Å². The van der Waals surface area contributed by atoms with Gasteiger partial charge in [0.25, 0.3) is 0 Å². The number of hydrogen-bond donors (Lipinski definition) is 0. The van der Waals surface area contributed by atoms with Crippen LogP contribution in [0.15, 0.2) is 57.4 Å². The summed E-state index contributed by atoms with van der Waals surface area (Å²) in [5.41, 5.74) is -3.05. The van der Waals surface area contributed by atoms with Gasteiger partial charge < -0.3 is 8.83 Å². The van der Waals surface area contributed by atoms with Crippen molar-refractivity contribution in [1.82, 2.24) is 0 Å². The molecule has 0 unspecified atom stereocenters. The Balaban J connectivity index is 1.69. The topological polar surface area (TPSA) is 26.3 Å². The molecule has 244 valence electrons. The van der Waals surface area contributed by atoms with Crippen molar-refractivity contribution < 1.29 is 35.2 Å². The lowest BCUT2D eigenvalue weighted by Crippen LogP contribution is -2.49. The molecule has 4 aromatic rings. The van der Waals surface area contributed by atoms with E-state index in [-0.39, 0.29) is 57.4 Å². The fourth-order valence-electron chi connectivity index (χ4n) is 6.61. The number of rotatable bonds is 16. The molecule has 0 amide bonds. The largest absolute Gasteiger partial charge is 0.460 e. The van der Waals surface area contributed by atoms with Crippen molar-refractivity contribution in [1.29, 1.82) is 0 Å². The van der Waals surface area contributed by atoms with Gasteiger partial charge in [0, 0.05) is 45.9 Å². The van der Waals surface area contributed by atoms with Gasteiger partial charge in [-0.3, -0.25) is 0 Å². The van der Waals surface area contributed by atoms with Gasteiger partial charge in [-0.25, -0.2) is 0 Å². The molecule has 0 spiro atoms.